The molecule has 1 heterocycles. The highest BCUT2D eigenvalue weighted by Gasteiger charge is 2.28. The summed E-state index contributed by atoms with van der Waals surface area (Å²) in [6.45, 7) is 2.67. The maximum Gasteiger partial charge on any atom is 0.242 e. The lowest BCUT2D eigenvalue weighted by Crippen LogP contribution is -2.43. The summed E-state index contributed by atoms with van der Waals surface area (Å²) in [6, 6.07) is 17.9. The van der Waals surface area contributed by atoms with E-state index in [4.69, 9.17) is 4.74 Å². The highest BCUT2D eigenvalue weighted by atomic mass is 16.5. The number of likely N-dealkylation sites (tertiary alicyclic amines) is 1. The molecule has 0 radical (unpaired) electrons. The topological polar surface area (TPSA) is 44.8 Å². The van der Waals surface area contributed by atoms with E-state index in [0.717, 1.165) is 30.0 Å². The first-order chi connectivity index (χ1) is 14.1. The van der Waals surface area contributed by atoms with Crippen molar-refractivity contribution in [1.82, 2.24) is 15.1 Å². The third-order valence-corrected chi connectivity index (χ3v) is 5.68. The van der Waals surface area contributed by atoms with Crippen molar-refractivity contribution in [1.29, 1.82) is 0 Å². The lowest BCUT2D eigenvalue weighted by Gasteiger charge is -2.36. The van der Waals surface area contributed by atoms with Gasteiger partial charge in [-0.25, -0.2) is 0 Å². The highest BCUT2D eigenvalue weighted by Crippen LogP contribution is 2.31. The van der Waals surface area contributed by atoms with E-state index in [0.29, 0.717) is 6.54 Å². The van der Waals surface area contributed by atoms with Crippen LogP contribution in [0.3, 0.4) is 0 Å². The van der Waals surface area contributed by atoms with Crippen LogP contribution in [0.25, 0.3) is 0 Å². The summed E-state index contributed by atoms with van der Waals surface area (Å²) in [5, 5.41) is 3.23. The summed E-state index contributed by atoms with van der Waals surface area (Å²) in [5.41, 5.74) is 2.14. The van der Waals surface area contributed by atoms with Crippen LogP contribution < -0.4 is 10.1 Å². The number of hydrogen-bond donors (Lipinski definition) is 1. The molecule has 1 fully saturated rings. The van der Waals surface area contributed by atoms with Crippen molar-refractivity contribution in [3.8, 4) is 5.75 Å². The van der Waals surface area contributed by atoms with Gasteiger partial charge in [-0.15, -0.1) is 0 Å². The maximum absolute atomic E-state index is 13.2. The molecule has 2 aromatic carbocycles. The molecule has 2 unspecified atom stereocenters. The minimum Gasteiger partial charge on any atom is -0.496 e. The zero-order valence-electron chi connectivity index (χ0n) is 17.8. The monoisotopic (exact) mass is 395 g/mol. The van der Waals surface area contributed by atoms with Gasteiger partial charge in [0.1, 0.15) is 11.8 Å². The number of carbonyl (C=O) groups excluding carboxylic acids is 1. The quantitative estimate of drug-likeness (QED) is 0.741. The third kappa shape index (κ3) is 5.37. The van der Waals surface area contributed by atoms with Crippen molar-refractivity contribution in [3.05, 3.63) is 65.7 Å². The molecule has 0 bridgehead atoms. The average molecular weight is 396 g/mol. The molecule has 156 valence electrons. The number of para-hydroxylation sites is 1. The fourth-order valence-corrected chi connectivity index (χ4v) is 4.22. The largest absolute Gasteiger partial charge is 0.496 e. The molecular formula is C24H33N3O2. The average Bonchev–Trinajstić information content (AvgIpc) is 2.75. The second kappa shape index (κ2) is 10.4. The van der Waals surface area contributed by atoms with E-state index >= 15 is 0 Å². The number of amides is 1. The van der Waals surface area contributed by atoms with Gasteiger partial charge in [0, 0.05) is 12.1 Å². The summed E-state index contributed by atoms with van der Waals surface area (Å²) in [7, 11) is 5.60. The van der Waals surface area contributed by atoms with Crippen LogP contribution in [-0.2, 0) is 4.79 Å². The number of ether oxygens (including phenoxy) is 1. The van der Waals surface area contributed by atoms with Gasteiger partial charge in [-0.1, -0.05) is 55.0 Å². The molecule has 5 heteroatoms. The number of carbonyl (C=O) groups is 1. The molecule has 0 aromatic heterocycles. The Labute approximate surface area is 174 Å². The molecule has 2 aromatic rings. The lowest BCUT2D eigenvalue weighted by molar-refractivity contribution is -0.126. The Kier molecular flexibility index (Phi) is 7.67. The number of nitrogens with one attached hydrogen (secondary N) is 1. The Bertz CT molecular complexity index is 773. The van der Waals surface area contributed by atoms with Crippen molar-refractivity contribution in [3.63, 3.8) is 0 Å². The highest BCUT2D eigenvalue weighted by molar-refractivity contribution is 5.83. The van der Waals surface area contributed by atoms with Crippen LogP contribution in [-0.4, -0.2) is 56.5 Å². The van der Waals surface area contributed by atoms with Crippen molar-refractivity contribution < 1.29 is 9.53 Å². The van der Waals surface area contributed by atoms with Gasteiger partial charge in [-0.2, -0.15) is 0 Å². The fourth-order valence-electron chi connectivity index (χ4n) is 4.22. The van der Waals surface area contributed by atoms with Crippen LogP contribution in [0.5, 0.6) is 5.75 Å². The van der Waals surface area contributed by atoms with Crippen LogP contribution in [0.1, 0.15) is 42.5 Å². The summed E-state index contributed by atoms with van der Waals surface area (Å²) < 4.78 is 5.63. The molecule has 29 heavy (non-hydrogen) atoms. The van der Waals surface area contributed by atoms with Crippen LogP contribution in [0.2, 0.25) is 0 Å². The van der Waals surface area contributed by atoms with Crippen LogP contribution in [0.4, 0.5) is 0 Å². The number of nitrogens with zero attached hydrogens (tertiary/aromatic N) is 2. The molecule has 1 aliphatic rings. The predicted molar refractivity (Wildman–Crippen MR) is 117 cm³/mol. The lowest BCUT2D eigenvalue weighted by atomic mass is 10.00. The Morgan fingerprint density at radius 2 is 1.69 bits per heavy atom. The molecule has 0 aliphatic carbocycles. The molecule has 0 saturated carbocycles. The minimum absolute atomic E-state index is 0.0260. The van der Waals surface area contributed by atoms with Gasteiger partial charge in [0.05, 0.1) is 13.2 Å². The van der Waals surface area contributed by atoms with Crippen molar-refractivity contribution >= 4 is 5.91 Å². The van der Waals surface area contributed by atoms with E-state index in [9.17, 15) is 4.79 Å². The number of benzene rings is 2. The molecule has 1 N–H and O–H groups in total. The number of likely N-dealkylation sites (N-methyl/N-ethyl adjacent to an activating group) is 1. The van der Waals surface area contributed by atoms with Crippen LogP contribution >= 0.6 is 0 Å². The Hall–Kier alpha value is -2.37. The van der Waals surface area contributed by atoms with E-state index in [2.05, 4.69) is 16.3 Å². The van der Waals surface area contributed by atoms with Gasteiger partial charge < -0.3 is 10.1 Å². The zero-order chi connectivity index (χ0) is 20.6. The molecular weight excluding hydrogens is 362 g/mol. The molecule has 3 rings (SSSR count). The van der Waals surface area contributed by atoms with Crippen LogP contribution in [0.15, 0.2) is 54.6 Å². The standard InChI is InChI=1S/C24H33N3O2/c1-26(2)23(19-12-6-4-7-13-19)24(28)25-18-21(27-16-10-5-11-17-27)20-14-8-9-15-22(20)29-3/h4,6-9,12-15,21,23H,5,10-11,16-18H2,1-3H3,(H,25,28). The first kappa shape index (κ1) is 21.3. The minimum atomic E-state index is -0.309. The molecule has 2 atom stereocenters. The number of hydrogen-bond acceptors (Lipinski definition) is 4. The van der Waals surface area contributed by atoms with Gasteiger partial charge >= 0.3 is 0 Å². The fraction of sp³-hybridized carbons (Fsp3) is 0.458. The summed E-state index contributed by atoms with van der Waals surface area (Å²) in [6.07, 6.45) is 3.67. The molecule has 5 nitrogen and oxygen atoms in total. The summed E-state index contributed by atoms with van der Waals surface area (Å²) in [4.78, 5) is 17.6. The Balaban J connectivity index is 1.79. The Morgan fingerprint density at radius 3 is 2.34 bits per heavy atom. The van der Waals surface area contributed by atoms with Crippen molar-refractivity contribution in [2.75, 3.05) is 40.8 Å². The predicted octanol–water partition coefficient (Wildman–Crippen LogP) is 3.64. The van der Waals surface area contributed by atoms with E-state index in [1.165, 1.54) is 19.3 Å². The van der Waals surface area contributed by atoms with E-state index in [1.807, 2.05) is 67.5 Å². The smallest absolute Gasteiger partial charge is 0.242 e. The number of rotatable bonds is 8. The molecule has 0 spiro atoms. The first-order valence-electron chi connectivity index (χ1n) is 10.5. The molecule has 1 amide bonds. The summed E-state index contributed by atoms with van der Waals surface area (Å²) in [5.74, 6) is 0.905. The van der Waals surface area contributed by atoms with E-state index in [-0.39, 0.29) is 18.0 Å². The third-order valence-electron chi connectivity index (χ3n) is 5.68. The Morgan fingerprint density at radius 1 is 1.03 bits per heavy atom. The van der Waals surface area contributed by atoms with Gasteiger partial charge in [0.2, 0.25) is 5.91 Å². The van der Waals surface area contributed by atoms with E-state index < -0.39 is 0 Å². The first-order valence-corrected chi connectivity index (χ1v) is 10.5. The van der Waals surface area contributed by atoms with Crippen molar-refractivity contribution in [2.45, 2.75) is 31.3 Å². The normalized spacial score (nSPS) is 17.0. The van der Waals surface area contributed by atoms with Gasteiger partial charge in [-0.05, 0) is 51.7 Å². The van der Waals surface area contributed by atoms with E-state index in [1.54, 1.807) is 7.11 Å². The molecule has 1 aliphatic heterocycles. The summed E-state index contributed by atoms with van der Waals surface area (Å²) >= 11 is 0. The van der Waals surface area contributed by atoms with Gasteiger partial charge in [0.25, 0.3) is 0 Å². The molecule has 1 saturated heterocycles. The number of methoxy groups -OCH3 is 1. The van der Waals surface area contributed by atoms with Crippen molar-refractivity contribution in [2.24, 2.45) is 0 Å². The number of piperidine rings is 1. The zero-order valence-corrected chi connectivity index (χ0v) is 17.8. The second-order valence-electron chi connectivity index (χ2n) is 7.88. The maximum atomic E-state index is 13.2. The van der Waals surface area contributed by atoms with Gasteiger partial charge in [-0.3, -0.25) is 14.6 Å². The van der Waals surface area contributed by atoms with Crippen LogP contribution in [0, 0.1) is 0 Å². The second-order valence-corrected chi connectivity index (χ2v) is 7.88. The van der Waals surface area contributed by atoms with Gasteiger partial charge in [0.15, 0.2) is 0 Å². The SMILES string of the molecule is COc1ccccc1C(CNC(=O)C(c1ccccc1)N(C)C)N1CCCCC1.